The minimum absolute atomic E-state index is 0.0875. The third-order valence-electron chi connectivity index (χ3n) is 2.16. The van der Waals surface area contributed by atoms with Gasteiger partial charge < -0.3 is 0 Å². The van der Waals surface area contributed by atoms with E-state index in [-0.39, 0.29) is 20.9 Å². The zero-order valence-corrected chi connectivity index (χ0v) is 11.6. The normalized spacial score (nSPS) is 11.2. The standard InChI is InChI=1S/C9H7BrN4O4S/c10-7-2-1-6(5-8(7)14(15)16)13-19(17,18)9-3-4-11-12-9/h1-5,13H,(H,11,12). The Labute approximate surface area is 116 Å². The van der Waals surface area contributed by atoms with E-state index in [0.29, 0.717) is 0 Å². The summed E-state index contributed by atoms with van der Waals surface area (Å²) in [6.45, 7) is 0. The number of nitro groups is 1. The molecule has 1 heterocycles. The number of halogens is 1. The molecule has 0 bridgehead atoms. The molecule has 0 spiro atoms. The van der Waals surface area contributed by atoms with Gasteiger partial charge in [0.1, 0.15) is 0 Å². The summed E-state index contributed by atoms with van der Waals surface area (Å²) in [7, 11) is -3.83. The molecule has 0 radical (unpaired) electrons. The lowest BCUT2D eigenvalue weighted by Crippen LogP contribution is -2.13. The molecule has 10 heteroatoms. The molecule has 0 aliphatic carbocycles. The molecular formula is C9H7BrN4O4S. The van der Waals surface area contributed by atoms with Crippen molar-refractivity contribution >= 4 is 37.3 Å². The topological polar surface area (TPSA) is 118 Å². The van der Waals surface area contributed by atoms with Gasteiger partial charge in [-0.15, -0.1) is 0 Å². The molecule has 0 unspecified atom stereocenters. The summed E-state index contributed by atoms with van der Waals surface area (Å²) in [5, 5.41) is 16.5. The van der Waals surface area contributed by atoms with Crippen molar-refractivity contribution in [1.82, 2.24) is 10.2 Å². The highest BCUT2D eigenvalue weighted by atomic mass is 79.9. The van der Waals surface area contributed by atoms with Crippen LogP contribution >= 0.6 is 15.9 Å². The fourth-order valence-corrected chi connectivity index (χ4v) is 2.67. The van der Waals surface area contributed by atoms with Crippen LogP contribution in [0, 0.1) is 10.1 Å². The number of rotatable bonds is 4. The number of aromatic amines is 1. The van der Waals surface area contributed by atoms with Gasteiger partial charge in [0.2, 0.25) is 0 Å². The van der Waals surface area contributed by atoms with E-state index in [1.54, 1.807) is 0 Å². The number of nitrogens with zero attached hydrogens (tertiary/aromatic N) is 2. The van der Waals surface area contributed by atoms with E-state index in [0.717, 1.165) is 6.07 Å². The number of hydrogen-bond donors (Lipinski definition) is 2. The van der Waals surface area contributed by atoms with Gasteiger partial charge in [0.25, 0.3) is 15.7 Å². The van der Waals surface area contributed by atoms with Gasteiger partial charge in [-0.1, -0.05) is 0 Å². The van der Waals surface area contributed by atoms with Crippen LogP contribution in [-0.4, -0.2) is 23.5 Å². The van der Waals surface area contributed by atoms with Gasteiger partial charge in [-0.3, -0.25) is 19.9 Å². The number of hydrogen-bond acceptors (Lipinski definition) is 5. The van der Waals surface area contributed by atoms with Crippen molar-refractivity contribution in [3.05, 3.63) is 45.0 Å². The Bertz CT molecular complexity index is 714. The van der Waals surface area contributed by atoms with Crippen molar-refractivity contribution in [2.24, 2.45) is 0 Å². The number of nitrogens with one attached hydrogen (secondary N) is 2. The van der Waals surface area contributed by atoms with Gasteiger partial charge >= 0.3 is 0 Å². The Kier molecular flexibility index (Phi) is 3.53. The third-order valence-corrected chi connectivity index (χ3v) is 4.14. The van der Waals surface area contributed by atoms with Crippen molar-refractivity contribution in [3.8, 4) is 0 Å². The van der Waals surface area contributed by atoms with Crippen LogP contribution in [0.2, 0.25) is 0 Å². The second-order valence-electron chi connectivity index (χ2n) is 3.45. The number of H-pyrrole nitrogens is 1. The lowest BCUT2D eigenvalue weighted by molar-refractivity contribution is -0.385. The van der Waals surface area contributed by atoms with E-state index in [1.165, 1.54) is 24.4 Å². The lowest BCUT2D eigenvalue weighted by Gasteiger charge is -2.06. The van der Waals surface area contributed by atoms with Crippen LogP contribution in [0.1, 0.15) is 0 Å². The molecule has 19 heavy (non-hydrogen) atoms. The van der Waals surface area contributed by atoms with Crippen molar-refractivity contribution in [3.63, 3.8) is 0 Å². The number of nitro benzene ring substituents is 1. The molecule has 0 saturated heterocycles. The van der Waals surface area contributed by atoms with Crippen LogP contribution in [0.4, 0.5) is 11.4 Å². The zero-order valence-electron chi connectivity index (χ0n) is 9.20. The van der Waals surface area contributed by atoms with Crippen LogP contribution in [0.15, 0.2) is 40.0 Å². The maximum Gasteiger partial charge on any atom is 0.285 e. The molecule has 2 N–H and O–H groups in total. The largest absolute Gasteiger partial charge is 0.285 e. The third kappa shape index (κ3) is 2.90. The summed E-state index contributed by atoms with van der Waals surface area (Å²) in [5.41, 5.74) is -0.144. The maximum absolute atomic E-state index is 11.9. The molecule has 1 aromatic heterocycles. The average Bonchev–Trinajstić information content (AvgIpc) is 2.85. The summed E-state index contributed by atoms with van der Waals surface area (Å²) >= 11 is 3.01. The first-order valence-electron chi connectivity index (χ1n) is 4.86. The first-order chi connectivity index (χ1) is 8.90. The van der Waals surface area contributed by atoms with Crippen LogP contribution < -0.4 is 4.72 Å². The van der Waals surface area contributed by atoms with Gasteiger partial charge in [0.05, 0.1) is 21.3 Å². The molecule has 0 atom stereocenters. The molecule has 0 aliphatic rings. The molecule has 2 rings (SSSR count). The maximum atomic E-state index is 11.9. The second kappa shape index (κ2) is 4.97. The smallest absolute Gasteiger partial charge is 0.278 e. The predicted octanol–water partition coefficient (Wildman–Crippen LogP) is 1.88. The number of sulfonamides is 1. The minimum Gasteiger partial charge on any atom is -0.278 e. The zero-order chi connectivity index (χ0) is 14.0. The van der Waals surface area contributed by atoms with Crippen molar-refractivity contribution < 1.29 is 13.3 Å². The molecule has 0 saturated carbocycles. The lowest BCUT2D eigenvalue weighted by atomic mass is 10.3. The number of anilines is 1. The molecule has 0 fully saturated rings. The van der Waals surface area contributed by atoms with Crippen LogP contribution in [0.5, 0.6) is 0 Å². The number of aromatic nitrogens is 2. The minimum atomic E-state index is -3.83. The molecule has 2 aromatic rings. The molecule has 8 nitrogen and oxygen atoms in total. The molecule has 1 aromatic carbocycles. The molecular weight excluding hydrogens is 340 g/mol. The van der Waals surface area contributed by atoms with Gasteiger partial charge in [-0.05, 0) is 34.1 Å². The van der Waals surface area contributed by atoms with Crippen molar-refractivity contribution in [2.45, 2.75) is 5.03 Å². The first kappa shape index (κ1) is 13.5. The van der Waals surface area contributed by atoms with E-state index in [4.69, 9.17) is 0 Å². The Morgan fingerprint density at radius 1 is 1.37 bits per heavy atom. The predicted molar refractivity (Wildman–Crippen MR) is 70.2 cm³/mol. The van der Waals surface area contributed by atoms with E-state index in [9.17, 15) is 18.5 Å². The molecule has 100 valence electrons. The highest BCUT2D eigenvalue weighted by molar-refractivity contribution is 9.10. The fourth-order valence-electron chi connectivity index (χ4n) is 1.32. The summed E-state index contributed by atoms with van der Waals surface area (Å²) in [6, 6.07) is 5.20. The summed E-state index contributed by atoms with van der Waals surface area (Å²) < 4.78 is 26.2. The quantitative estimate of drug-likeness (QED) is 0.647. The highest BCUT2D eigenvalue weighted by Gasteiger charge is 2.18. The monoisotopic (exact) mass is 346 g/mol. The Hall–Kier alpha value is -1.94. The average molecular weight is 347 g/mol. The first-order valence-corrected chi connectivity index (χ1v) is 7.14. The Morgan fingerprint density at radius 2 is 2.11 bits per heavy atom. The van der Waals surface area contributed by atoms with E-state index in [2.05, 4.69) is 30.8 Å². The fraction of sp³-hybridized carbons (Fsp3) is 0. The second-order valence-corrected chi connectivity index (χ2v) is 5.95. The SMILES string of the molecule is O=[N+]([O-])c1cc(NS(=O)(=O)c2ccn[nH]2)ccc1Br. The molecule has 0 aliphatic heterocycles. The van der Waals surface area contributed by atoms with Gasteiger partial charge in [0, 0.05) is 6.07 Å². The Morgan fingerprint density at radius 3 is 2.68 bits per heavy atom. The van der Waals surface area contributed by atoms with Crippen LogP contribution in [0.3, 0.4) is 0 Å². The molecule has 0 amide bonds. The van der Waals surface area contributed by atoms with Crippen molar-refractivity contribution in [2.75, 3.05) is 4.72 Å². The van der Waals surface area contributed by atoms with E-state index >= 15 is 0 Å². The van der Waals surface area contributed by atoms with Crippen molar-refractivity contribution in [1.29, 1.82) is 0 Å². The van der Waals surface area contributed by atoms with Crippen LogP contribution in [0.25, 0.3) is 0 Å². The summed E-state index contributed by atoms with van der Waals surface area (Å²) in [4.78, 5) is 10.1. The summed E-state index contributed by atoms with van der Waals surface area (Å²) in [5.74, 6) is 0. The van der Waals surface area contributed by atoms with Gasteiger partial charge in [-0.25, -0.2) is 0 Å². The van der Waals surface area contributed by atoms with E-state index < -0.39 is 14.9 Å². The Balaban J connectivity index is 2.35. The highest BCUT2D eigenvalue weighted by Crippen LogP contribution is 2.28. The summed E-state index contributed by atoms with van der Waals surface area (Å²) in [6.07, 6.45) is 1.29. The van der Waals surface area contributed by atoms with Crippen LogP contribution in [-0.2, 0) is 10.0 Å². The van der Waals surface area contributed by atoms with E-state index in [1.807, 2.05) is 0 Å². The van der Waals surface area contributed by atoms with Gasteiger partial charge in [0.15, 0.2) is 5.03 Å². The van der Waals surface area contributed by atoms with Gasteiger partial charge in [-0.2, -0.15) is 13.5 Å². The number of benzene rings is 1.